The van der Waals surface area contributed by atoms with Crippen molar-refractivity contribution in [3.8, 4) is 0 Å². The lowest BCUT2D eigenvalue weighted by molar-refractivity contribution is -0.141. The summed E-state index contributed by atoms with van der Waals surface area (Å²) >= 11 is 0. The minimum absolute atomic E-state index is 0.207. The average Bonchev–Trinajstić information content (AvgIpc) is 2.51. The van der Waals surface area contributed by atoms with Crippen molar-refractivity contribution in [3.63, 3.8) is 0 Å². The summed E-state index contributed by atoms with van der Waals surface area (Å²) < 4.78 is 9.32. The van der Waals surface area contributed by atoms with Gasteiger partial charge in [0, 0.05) is 13.1 Å². The molecular weight excluding hydrogens is 270 g/mol. The molecule has 0 aromatic carbocycles. The summed E-state index contributed by atoms with van der Waals surface area (Å²) in [7, 11) is 2.80. The lowest BCUT2D eigenvalue weighted by Crippen LogP contribution is -2.30. The molecule has 0 atom stereocenters. The number of hydrogen-bond donors (Lipinski definition) is 0. The van der Waals surface area contributed by atoms with Crippen LogP contribution >= 0.6 is 0 Å². The molecule has 0 amide bonds. The van der Waals surface area contributed by atoms with Gasteiger partial charge >= 0.3 is 11.9 Å². The topological polar surface area (TPSA) is 55.8 Å². The molecule has 0 heterocycles. The fourth-order valence-corrected chi connectivity index (χ4v) is 2.15. The van der Waals surface area contributed by atoms with Crippen LogP contribution in [0.5, 0.6) is 0 Å². The van der Waals surface area contributed by atoms with E-state index in [1.165, 1.54) is 46.3 Å². The molecule has 5 heteroatoms. The molecule has 0 aliphatic rings. The molecule has 0 fully saturated rings. The summed E-state index contributed by atoms with van der Waals surface area (Å²) in [6, 6.07) is 0. The second-order valence-corrected chi connectivity index (χ2v) is 5.26. The van der Waals surface area contributed by atoms with E-state index >= 15 is 0 Å². The molecule has 124 valence electrons. The Kier molecular flexibility index (Phi) is 13.1. The van der Waals surface area contributed by atoms with E-state index in [-0.39, 0.29) is 11.9 Å². The number of rotatable bonds is 13. The van der Waals surface area contributed by atoms with Crippen LogP contribution in [0.4, 0.5) is 0 Å². The molecule has 21 heavy (non-hydrogen) atoms. The highest BCUT2D eigenvalue weighted by Crippen LogP contribution is 2.07. The maximum Gasteiger partial charge on any atom is 0.306 e. The Bertz CT molecular complexity index is 261. The number of unbranched alkanes of at least 4 members (excludes halogenated alkanes) is 5. The van der Waals surface area contributed by atoms with Crippen LogP contribution in [0.3, 0.4) is 0 Å². The van der Waals surface area contributed by atoms with Crippen molar-refractivity contribution in [2.24, 2.45) is 0 Å². The molecule has 0 bridgehead atoms. The fourth-order valence-electron chi connectivity index (χ4n) is 2.15. The molecule has 0 spiro atoms. The lowest BCUT2D eigenvalue weighted by Gasteiger charge is -2.21. The molecule has 5 nitrogen and oxygen atoms in total. The molecular formula is C16H31NO4. The second kappa shape index (κ2) is 13.9. The molecule has 0 unspecified atom stereocenters. The van der Waals surface area contributed by atoms with Gasteiger partial charge in [-0.3, -0.25) is 9.59 Å². The van der Waals surface area contributed by atoms with E-state index in [2.05, 4.69) is 21.3 Å². The summed E-state index contributed by atoms with van der Waals surface area (Å²) in [5, 5.41) is 0. The van der Waals surface area contributed by atoms with Gasteiger partial charge in [0.05, 0.1) is 27.1 Å². The maximum absolute atomic E-state index is 11.2. The molecule has 0 rings (SSSR count). The first kappa shape index (κ1) is 19.9. The van der Waals surface area contributed by atoms with Gasteiger partial charge in [0.1, 0.15) is 0 Å². The minimum Gasteiger partial charge on any atom is -0.469 e. The molecule has 0 aromatic rings. The summed E-state index contributed by atoms with van der Waals surface area (Å²) in [5.74, 6) is -0.415. The van der Waals surface area contributed by atoms with Crippen LogP contribution < -0.4 is 0 Å². The molecule has 0 radical (unpaired) electrons. The van der Waals surface area contributed by atoms with Crippen LogP contribution in [0.1, 0.15) is 58.3 Å². The number of carbonyl (C=O) groups excluding carboxylic acids is 2. The van der Waals surface area contributed by atoms with Gasteiger partial charge in [-0.15, -0.1) is 0 Å². The third kappa shape index (κ3) is 12.4. The lowest BCUT2D eigenvalue weighted by atomic mass is 10.1. The number of methoxy groups -OCH3 is 2. The van der Waals surface area contributed by atoms with Gasteiger partial charge in [0.15, 0.2) is 0 Å². The first-order valence-corrected chi connectivity index (χ1v) is 8.00. The quantitative estimate of drug-likeness (QED) is 0.387. The highest BCUT2D eigenvalue weighted by molar-refractivity contribution is 5.70. The predicted molar refractivity (Wildman–Crippen MR) is 83.1 cm³/mol. The third-order valence-corrected chi connectivity index (χ3v) is 3.55. The van der Waals surface area contributed by atoms with Crippen LogP contribution in [0, 0.1) is 0 Å². The normalized spacial score (nSPS) is 10.7. The van der Waals surface area contributed by atoms with E-state index in [0.717, 1.165) is 13.0 Å². The van der Waals surface area contributed by atoms with Crippen molar-refractivity contribution in [1.29, 1.82) is 0 Å². The molecule has 0 saturated heterocycles. The third-order valence-electron chi connectivity index (χ3n) is 3.55. The number of esters is 2. The highest BCUT2D eigenvalue weighted by Gasteiger charge is 2.10. The highest BCUT2D eigenvalue weighted by atomic mass is 16.5. The van der Waals surface area contributed by atoms with Crippen molar-refractivity contribution in [1.82, 2.24) is 4.90 Å². The van der Waals surface area contributed by atoms with Crippen LogP contribution in [-0.2, 0) is 19.1 Å². The SMILES string of the molecule is CCCCCCCCN(CCC(=O)OC)CCC(=O)OC. The van der Waals surface area contributed by atoms with Gasteiger partial charge in [-0.2, -0.15) is 0 Å². The zero-order valence-electron chi connectivity index (χ0n) is 13.9. The van der Waals surface area contributed by atoms with E-state index in [1.807, 2.05) is 0 Å². The summed E-state index contributed by atoms with van der Waals surface area (Å²) in [4.78, 5) is 24.6. The van der Waals surface area contributed by atoms with Gasteiger partial charge in [-0.25, -0.2) is 0 Å². The Hall–Kier alpha value is -1.10. The van der Waals surface area contributed by atoms with Crippen LogP contribution in [-0.4, -0.2) is 50.7 Å². The monoisotopic (exact) mass is 301 g/mol. The predicted octanol–water partition coefficient (Wildman–Crippen LogP) is 2.78. The second-order valence-electron chi connectivity index (χ2n) is 5.26. The summed E-state index contributed by atoms with van der Waals surface area (Å²) in [5.41, 5.74) is 0. The summed E-state index contributed by atoms with van der Waals surface area (Å²) in [6.45, 7) is 4.40. The Morgan fingerprint density at radius 1 is 0.762 bits per heavy atom. The smallest absolute Gasteiger partial charge is 0.306 e. The molecule has 0 saturated carbocycles. The number of carbonyl (C=O) groups is 2. The van der Waals surface area contributed by atoms with E-state index in [1.54, 1.807) is 0 Å². The van der Waals surface area contributed by atoms with Crippen LogP contribution in [0.2, 0.25) is 0 Å². The summed E-state index contributed by atoms with van der Waals surface area (Å²) in [6.07, 6.45) is 8.15. The van der Waals surface area contributed by atoms with Gasteiger partial charge in [-0.1, -0.05) is 39.0 Å². The van der Waals surface area contributed by atoms with E-state index in [4.69, 9.17) is 0 Å². The number of nitrogens with zero attached hydrogens (tertiary/aromatic N) is 1. The maximum atomic E-state index is 11.2. The van der Waals surface area contributed by atoms with Crippen LogP contribution in [0.15, 0.2) is 0 Å². The van der Waals surface area contributed by atoms with Gasteiger partial charge in [0.25, 0.3) is 0 Å². The number of ether oxygens (including phenoxy) is 2. The Balaban J connectivity index is 3.93. The molecule has 0 N–H and O–H groups in total. The Morgan fingerprint density at radius 2 is 1.24 bits per heavy atom. The minimum atomic E-state index is -0.207. The average molecular weight is 301 g/mol. The van der Waals surface area contributed by atoms with E-state index in [9.17, 15) is 9.59 Å². The van der Waals surface area contributed by atoms with Crippen molar-refractivity contribution < 1.29 is 19.1 Å². The molecule has 0 aliphatic heterocycles. The molecule has 0 aliphatic carbocycles. The van der Waals surface area contributed by atoms with Gasteiger partial charge < -0.3 is 14.4 Å². The van der Waals surface area contributed by atoms with Crippen molar-refractivity contribution in [3.05, 3.63) is 0 Å². The number of hydrogen-bond acceptors (Lipinski definition) is 5. The first-order valence-electron chi connectivity index (χ1n) is 8.00. The van der Waals surface area contributed by atoms with E-state index in [0.29, 0.717) is 25.9 Å². The van der Waals surface area contributed by atoms with Crippen molar-refractivity contribution in [2.75, 3.05) is 33.9 Å². The van der Waals surface area contributed by atoms with Gasteiger partial charge in [-0.05, 0) is 13.0 Å². The van der Waals surface area contributed by atoms with Gasteiger partial charge in [0.2, 0.25) is 0 Å². The van der Waals surface area contributed by atoms with Crippen LogP contribution in [0.25, 0.3) is 0 Å². The Labute approximate surface area is 129 Å². The zero-order valence-corrected chi connectivity index (χ0v) is 13.9. The Morgan fingerprint density at radius 3 is 1.71 bits per heavy atom. The molecule has 0 aromatic heterocycles. The largest absolute Gasteiger partial charge is 0.469 e. The fraction of sp³-hybridized carbons (Fsp3) is 0.875. The van der Waals surface area contributed by atoms with Crippen molar-refractivity contribution in [2.45, 2.75) is 58.3 Å². The standard InChI is InChI=1S/C16H31NO4/c1-4-5-6-7-8-9-12-17(13-10-15(18)20-2)14-11-16(19)21-3/h4-14H2,1-3H3. The zero-order chi connectivity index (χ0) is 15.9. The first-order chi connectivity index (χ1) is 10.1. The van der Waals surface area contributed by atoms with Crippen molar-refractivity contribution >= 4 is 11.9 Å². The van der Waals surface area contributed by atoms with E-state index < -0.39 is 0 Å².